The summed E-state index contributed by atoms with van der Waals surface area (Å²) >= 11 is 0. The summed E-state index contributed by atoms with van der Waals surface area (Å²) in [5.74, 6) is 2.86. The Labute approximate surface area is 108 Å². The van der Waals surface area contributed by atoms with Gasteiger partial charge in [-0.25, -0.2) is 0 Å². The first kappa shape index (κ1) is 12.9. The van der Waals surface area contributed by atoms with Gasteiger partial charge in [0.2, 0.25) is 18.3 Å². The fourth-order valence-electron chi connectivity index (χ4n) is 1.84. The zero-order chi connectivity index (χ0) is 13.0. The molecule has 0 saturated heterocycles. The van der Waals surface area contributed by atoms with Crippen LogP contribution in [0, 0.1) is 6.92 Å². The van der Waals surface area contributed by atoms with E-state index in [0.717, 1.165) is 29.9 Å². The first-order chi connectivity index (χ1) is 8.77. The van der Waals surface area contributed by atoms with Gasteiger partial charge in [-0.3, -0.25) is 0 Å². The van der Waals surface area contributed by atoms with Gasteiger partial charge in [0.1, 0.15) is 0 Å². The molecule has 0 N–H and O–H groups in total. The third-order valence-corrected chi connectivity index (χ3v) is 2.66. The minimum absolute atomic E-state index is 0.226. The monoisotopic (exact) mass is 252 g/mol. The van der Waals surface area contributed by atoms with E-state index in [-0.39, 0.29) is 6.79 Å². The highest BCUT2D eigenvalue weighted by molar-refractivity contribution is 5.63. The van der Waals surface area contributed by atoms with E-state index in [9.17, 15) is 0 Å². The lowest BCUT2D eigenvalue weighted by Gasteiger charge is -2.14. The molecule has 0 bridgehead atoms. The average molecular weight is 252 g/mol. The van der Waals surface area contributed by atoms with Crippen LogP contribution >= 0.6 is 0 Å². The van der Waals surface area contributed by atoms with Gasteiger partial charge in [0, 0.05) is 0 Å². The maximum atomic E-state index is 5.73. The summed E-state index contributed by atoms with van der Waals surface area (Å²) in [4.78, 5) is 0. The summed E-state index contributed by atoms with van der Waals surface area (Å²) in [5.41, 5.74) is 1.01. The van der Waals surface area contributed by atoms with Crippen LogP contribution in [0.5, 0.6) is 23.0 Å². The third-order valence-electron chi connectivity index (χ3n) is 2.66. The largest absolute Gasteiger partial charge is 0.490 e. The van der Waals surface area contributed by atoms with Crippen LogP contribution in [0.25, 0.3) is 0 Å². The van der Waals surface area contributed by atoms with Crippen molar-refractivity contribution in [2.24, 2.45) is 0 Å². The number of rotatable bonds is 6. The van der Waals surface area contributed by atoms with E-state index >= 15 is 0 Å². The van der Waals surface area contributed by atoms with Crippen LogP contribution in [0.1, 0.15) is 32.3 Å². The molecule has 0 radical (unpaired) electrons. The van der Waals surface area contributed by atoms with Gasteiger partial charge >= 0.3 is 0 Å². The molecule has 0 spiro atoms. The second-order valence-corrected chi connectivity index (χ2v) is 4.28. The van der Waals surface area contributed by atoms with Crippen molar-refractivity contribution in [3.05, 3.63) is 11.6 Å². The predicted molar refractivity (Wildman–Crippen MR) is 68.9 cm³/mol. The van der Waals surface area contributed by atoms with Crippen LogP contribution in [0.4, 0.5) is 0 Å². The van der Waals surface area contributed by atoms with Gasteiger partial charge in [0.05, 0.1) is 13.2 Å². The lowest BCUT2D eigenvalue weighted by molar-refractivity contribution is 0.166. The fraction of sp³-hybridized carbons (Fsp3) is 0.571. The van der Waals surface area contributed by atoms with Gasteiger partial charge in [-0.15, -0.1) is 0 Å². The van der Waals surface area contributed by atoms with Crippen LogP contribution in [0.15, 0.2) is 6.07 Å². The molecule has 0 unspecified atom stereocenters. The standard InChI is InChI=1S/C14H20O4/c1-4-6-15-11-8-10(3)12(16-7-5-2)14-13(11)17-9-18-14/h8H,4-7,9H2,1-3H3. The molecule has 18 heavy (non-hydrogen) atoms. The van der Waals surface area contributed by atoms with Crippen molar-refractivity contribution in [2.45, 2.75) is 33.6 Å². The van der Waals surface area contributed by atoms with Gasteiger partial charge in [-0.1, -0.05) is 13.8 Å². The molecule has 100 valence electrons. The Bertz CT molecular complexity index is 415. The summed E-state index contributed by atoms with van der Waals surface area (Å²) in [6, 6.07) is 1.95. The molecule has 2 rings (SSSR count). The molecule has 1 aromatic rings. The first-order valence-corrected chi connectivity index (χ1v) is 6.46. The molecule has 0 amide bonds. The molecule has 0 saturated carbocycles. The van der Waals surface area contributed by atoms with Crippen LogP contribution in [0.3, 0.4) is 0 Å². The highest BCUT2D eigenvalue weighted by Crippen LogP contribution is 2.49. The third kappa shape index (κ3) is 2.47. The Kier molecular flexibility index (Phi) is 4.18. The topological polar surface area (TPSA) is 36.9 Å². The molecule has 1 aromatic carbocycles. The van der Waals surface area contributed by atoms with E-state index in [1.54, 1.807) is 0 Å². The predicted octanol–water partition coefficient (Wildman–Crippen LogP) is 3.30. The normalized spacial score (nSPS) is 12.6. The van der Waals surface area contributed by atoms with Crippen LogP contribution in [0.2, 0.25) is 0 Å². The maximum Gasteiger partial charge on any atom is 0.231 e. The first-order valence-electron chi connectivity index (χ1n) is 6.46. The number of benzene rings is 1. The molecule has 4 heteroatoms. The van der Waals surface area contributed by atoms with Crippen molar-refractivity contribution in [2.75, 3.05) is 20.0 Å². The van der Waals surface area contributed by atoms with E-state index in [1.807, 2.05) is 13.0 Å². The molecule has 0 aliphatic carbocycles. The van der Waals surface area contributed by atoms with E-state index in [0.29, 0.717) is 24.7 Å². The fourth-order valence-corrected chi connectivity index (χ4v) is 1.84. The molecule has 1 heterocycles. The SMILES string of the molecule is CCCOc1cc(C)c(OCCC)c2c1OCO2. The summed E-state index contributed by atoms with van der Waals surface area (Å²) in [7, 11) is 0. The van der Waals surface area contributed by atoms with E-state index < -0.39 is 0 Å². The Balaban J connectivity index is 2.31. The Morgan fingerprint density at radius 2 is 1.72 bits per heavy atom. The smallest absolute Gasteiger partial charge is 0.231 e. The van der Waals surface area contributed by atoms with Crippen molar-refractivity contribution in [3.63, 3.8) is 0 Å². The van der Waals surface area contributed by atoms with Gasteiger partial charge < -0.3 is 18.9 Å². The molecular weight excluding hydrogens is 232 g/mol. The highest BCUT2D eigenvalue weighted by Gasteiger charge is 2.26. The highest BCUT2D eigenvalue weighted by atomic mass is 16.7. The van der Waals surface area contributed by atoms with Gasteiger partial charge in [0.25, 0.3) is 0 Å². The molecular formula is C14H20O4. The van der Waals surface area contributed by atoms with Crippen molar-refractivity contribution in [3.8, 4) is 23.0 Å². The second-order valence-electron chi connectivity index (χ2n) is 4.28. The Morgan fingerprint density at radius 1 is 1.06 bits per heavy atom. The van der Waals surface area contributed by atoms with Gasteiger partial charge in [-0.2, -0.15) is 0 Å². The van der Waals surface area contributed by atoms with Crippen LogP contribution in [-0.2, 0) is 0 Å². The molecule has 0 atom stereocenters. The van der Waals surface area contributed by atoms with Crippen molar-refractivity contribution >= 4 is 0 Å². The summed E-state index contributed by atoms with van der Waals surface area (Å²) in [5, 5.41) is 0. The zero-order valence-corrected chi connectivity index (χ0v) is 11.2. The van der Waals surface area contributed by atoms with E-state index in [1.165, 1.54) is 0 Å². The van der Waals surface area contributed by atoms with Gasteiger partial charge in [0.15, 0.2) is 11.5 Å². The average Bonchev–Trinajstić information content (AvgIpc) is 2.84. The molecule has 1 aliphatic rings. The number of fused-ring (bicyclic) bond motifs is 1. The molecule has 1 aliphatic heterocycles. The van der Waals surface area contributed by atoms with Crippen molar-refractivity contribution < 1.29 is 18.9 Å². The van der Waals surface area contributed by atoms with Crippen LogP contribution < -0.4 is 18.9 Å². The van der Waals surface area contributed by atoms with Crippen molar-refractivity contribution in [1.29, 1.82) is 0 Å². The van der Waals surface area contributed by atoms with E-state index in [2.05, 4.69) is 13.8 Å². The summed E-state index contributed by atoms with van der Waals surface area (Å²) < 4.78 is 22.4. The Hall–Kier alpha value is -1.58. The van der Waals surface area contributed by atoms with E-state index in [4.69, 9.17) is 18.9 Å². The van der Waals surface area contributed by atoms with Crippen LogP contribution in [-0.4, -0.2) is 20.0 Å². The lowest BCUT2D eigenvalue weighted by atomic mass is 10.1. The summed E-state index contributed by atoms with van der Waals surface area (Å²) in [6.07, 6.45) is 1.92. The number of aryl methyl sites for hydroxylation is 1. The van der Waals surface area contributed by atoms with Crippen molar-refractivity contribution in [1.82, 2.24) is 0 Å². The molecule has 0 fully saturated rings. The molecule has 4 nitrogen and oxygen atoms in total. The maximum absolute atomic E-state index is 5.73. The summed E-state index contributed by atoms with van der Waals surface area (Å²) in [6.45, 7) is 7.71. The lowest BCUT2D eigenvalue weighted by Crippen LogP contribution is -2.00. The second kappa shape index (κ2) is 5.85. The number of ether oxygens (including phenoxy) is 4. The minimum atomic E-state index is 0.226. The molecule has 0 aromatic heterocycles. The number of hydrogen-bond donors (Lipinski definition) is 0. The number of hydrogen-bond acceptors (Lipinski definition) is 4. The Morgan fingerprint density at radius 3 is 2.44 bits per heavy atom. The van der Waals surface area contributed by atoms with Gasteiger partial charge in [-0.05, 0) is 31.4 Å². The zero-order valence-electron chi connectivity index (χ0n) is 11.2. The minimum Gasteiger partial charge on any atom is -0.490 e. The quantitative estimate of drug-likeness (QED) is 0.778.